The molecule has 33 heavy (non-hydrogen) atoms. The van der Waals surface area contributed by atoms with Gasteiger partial charge in [0.1, 0.15) is 17.0 Å². The van der Waals surface area contributed by atoms with Crippen molar-refractivity contribution in [2.45, 2.75) is 33.1 Å². The van der Waals surface area contributed by atoms with Crippen LogP contribution in [0.15, 0.2) is 60.8 Å². The van der Waals surface area contributed by atoms with Gasteiger partial charge in [0, 0.05) is 25.4 Å². The van der Waals surface area contributed by atoms with E-state index in [2.05, 4.69) is 47.1 Å². The molecular formula is C26H29N5O2. The number of rotatable bonds is 6. The fourth-order valence-corrected chi connectivity index (χ4v) is 3.59. The molecule has 0 bridgehead atoms. The van der Waals surface area contributed by atoms with Crippen LogP contribution >= 0.6 is 0 Å². The number of carbonyl (C=O) groups is 1. The smallest absolute Gasteiger partial charge is 0.255 e. The van der Waals surface area contributed by atoms with Crippen molar-refractivity contribution < 1.29 is 9.53 Å². The molecule has 0 spiro atoms. The molecule has 0 unspecified atom stereocenters. The number of amides is 1. The SMILES string of the molecule is CCN(C)C(=O)c1cccc2[nH]c(Nc3cccnc3Oc3ccccc3C(C)(C)C)nc12. The Morgan fingerprint density at radius 1 is 1.09 bits per heavy atom. The zero-order chi connectivity index (χ0) is 23.6. The number of aromatic nitrogens is 3. The Morgan fingerprint density at radius 3 is 2.64 bits per heavy atom. The molecule has 0 aliphatic heterocycles. The number of hydrogen-bond acceptors (Lipinski definition) is 5. The molecule has 0 aliphatic carbocycles. The molecule has 7 heteroatoms. The quantitative estimate of drug-likeness (QED) is 0.389. The Balaban J connectivity index is 1.66. The van der Waals surface area contributed by atoms with Gasteiger partial charge >= 0.3 is 0 Å². The second-order valence-corrected chi connectivity index (χ2v) is 8.94. The maximum Gasteiger partial charge on any atom is 0.255 e. The van der Waals surface area contributed by atoms with Gasteiger partial charge in [-0.25, -0.2) is 9.97 Å². The lowest BCUT2D eigenvalue weighted by molar-refractivity contribution is 0.0804. The average molecular weight is 444 g/mol. The summed E-state index contributed by atoms with van der Waals surface area (Å²) < 4.78 is 6.25. The number of imidazole rings is 1. The third kappa shape index (κ3) is 4.67. The zero-order valence-electron chi connectivity index (χ0n) is 19.6. The third-order valence-corrected chi connectivity index (χ3v) is 5.49. The molecule has 2 aromatic carbocycles. The molecule has 1 amide bonds. The Labute approximate surface area is 193 Å². The van der Waals surface area contributed by atoms with E-state index < -0.39 is 0 Å². The van der Waals surface area contributed by atoms with E-state index in [0.29, 0.717) is 35.1 Å². The number of nitrogens with one attached hydrogen (secondary N) is 2. The molecule has 0 atom stereocenters. The molecule has 4 rings (SSSR count). The summed E-state index contributed by atoms with van der Waals surface area (Å²) in [7, 11) is 1.78. The van der Waals surface area contributed by atoms with E-state index in [0.717, 1.165) is 16.8 Å². The Kier molecular flexibility index (Phi) is 6.05. The molecule has 2 N–H and O–H groups in total. The maximum atomic E-state index is 12.7. The first-order chi connectivity index (χ1) is 15.8. The number of aromatic amines is 1. The van der Waals surface area contributed by atoms with Crippen molar-refractivity contribution in [2.24, 2.45) is 0 Å². The number of ether oxygens (including phenoxy) is 1. The highest BCUT2D eigenvalue weighted by Crippen LogP contribution is 2.36. The average Bonchev–Trinajstić information content (AvgIpc) is 3.21. The second kappa shape index (κ2) is 8.94. The molecule has 2 heterocycles. The van der Waals surface area contributed by atoms with Crippen LogP contribution in [-0.2, 0) is 5.41 Å². The number of para-hydroxylation sites is 2. The van der Waals surface area contributed by atoms with Crippen LogP contribution in [0.4, 0.5) is 11.6 Å². The van der Waals surface area contributed by atoms with Crippen LogP contribution in [0.25, 0.3) is 11.0 Å². The van der Waals surface area contributed by atoms with Crippen molar-refractivity contribution in [3.63, 3.8) is 0 Å². The first-order valence-corrected chi connectivity index (χ1v) is 11.0. The summed E-state index contributed by atoms with van der Waals surface area (Å²) in [6, 6.07) is 17.2. The molecule has 4 aromatic rings. The lowest BCUT2D eigenvalue weighted by Crippen LogP contribution is -2.26. The first-order valence-electron chi connectivity index (χ1n) is 11.0. The third-order valence-electron chi connectivity index (χ3n) is 5.49. The number of H-pyrrole nitrogens is 1. The van der Waals surface area contributed by atoms with Crippen molar-refractivity contribution in [1.29, 1.82) is 0 Å². The molecule has 2 aromatic heterocycles. The highest BCUT2D eigenvalue weighted by Gasteiger charge is 2.21. The summed E-state index contributed by atoms with van der Waals surface area (Å²) in [5.41, 5.74) is 3.63. The lowest BCUT2D eigenvalue weighted by Gasteiger charge is -2.22. The van der Waals surface area contributed by atoms with Crippen molar-refractivity contribution in [1.82, 2.24) is 19.9 Å². The van der Waals surface area contributed by atoms with Crippen LogP contribution in [0.2, 0.25) is 0 Å². The minimum absolute atomic E-state index is 0.0645. The van der Waals surface area contributed by atoms with Crippen LogP contribution in [0.3, 0.4) is 0 Å². The predicted octanol–water partition coefficient (Wildman–Crippen LogP) is 5.88. The molecule has 7 nitrogen and oxygen atoms in total. The maximum absolute atomic E-state index is 12.7. The molecule has 0 fully saturated rings. The Morgan fingerprint density at radius 2 is 1.88 bits per heavy atom. The Hall–Kier alpha value is -3.87. The molecule has 170 valence electrons. The number of carbonyl (C=O) groups excluding carboxylic acids is 1. The highest BCUT2D eigenvalue weighted by molar-refractivity contribution is 6.05. The standard InChI is InChI=1S/C26H29N5O2/c1-6-31(5)24(32)17-11-9-13-19-22(17)30-25(28-19)29-20-14-10-16-27-23(20)33-21-15-8-7-12-18(21)26(2,3)4/h7-16H,6H2,1-5H3,(H2,28,29,30). The lowest BCUT2D eigenvalue weighted by atomic mass is 9.86. The van der Waals surface area contributed by atoms with Gasteiger partial charge in [0.2, 0.25) is 11.8 Å². The first kappa shape index (κ1) is 22.3. The van der Waals surface area contributed by atoms with Crippen molar-refractivity contribution in [3.8, 4) is 11.6 Å². The number of benzene rings is 2. The second-order valence-electron chi connectivity index (χ2n) is 8.94. The number of fused-ring (bicyclic) bond motifs is 1. The van der Waals surface area contributed by atoms with Gasteiger partial charge in [0.15, 0.2) is 0 Å². The van der Waals surface area contributed by atoms with Crippen LogP contribution in [0.1, 0.15) is 43.6 Å². The summed E-state index contributed by atoms with van der Waals surface area (Å²) in [5, 5.41) is 3.27. The van der Waals surface area contributed by atoms with Gasteiger partial charge in [0.05, 0.1) is 11.1 Å². The molecule has 0 saturated carbocycles. The molecular weight excluding hydrogens is 414 g/mol. The number of pyridine rings is 1. The van der Waals surface area contributed by atoms with Crippen molar-refractivity contribution >= 4 is 28.6 Å². The minimum atomic E-state index is -0.0771. The van der Waals surface area contributed by atoms with Gasteiger partial charge in [-0.2, -0.15) is 0 Å². The number of nitrogens with zero attached hydrogens (tertiary/aromatic N) is 3. The summed E-state index contributed by atoms with van der Waals surface area (Å²) in [6.45, 7) is 9.01. The van der Waals surface area contributed by atoms with Gasteiger partial charge < -0.3 is 19.9 Å². The van der Waals surface area contributed by atoms with E-state index in [4.69, 9.17) is 4.74 Å². The van der Waals surface area contributed by atoms with Gasteiger partial charge in [-0.3, -0.25) is 4.79 Å². The van der Waals surface area contributed by atoms with Gasteiger partial charge in [-0.15, -0.1) is 0 Å². The van der Waals surface area contributed by atoms with E-state index in [9.17, 15) is 4.79 Å². The van der Waals surface area contributed by atoms with Crippen molar-refractivity contribution in [2.75, 3.05) is 18.9 Å². The van der Waals surface area contributed by atoms with Crippen LogP contribution in [0, 0.1) is 0 Å². The fraction of sp³-hybridized carbons (Fsp3) is 0.269. The fourth-order valence-electron chi connectivity index (χ4n) is 3.59. The van der Waals surface area contributed by atoms with E-state index in [1.54, 1.807) is 24.2 Å². The van der Waals surface area contributed by atoms with Gasteiger partial charge in [-0.05, 0) is 42.7 Å². The van der Waals surface area contributed by atoms with Gasteiger partial charge in [0.25, 0.3) is 5.91 Å². The van der Waals surface area contributed by atoms with Crippen LogP contribution in [-0.4, -0.2) is 39.4 Å². The Bertz CT molecular complexity index is 1290. The normalized spacial score (nSPS) is 11.4. The summed E-state index contributed by atoms with van der Waals surface area (Å²) in [4.78, 5) is 26.8. The predicted molar refractivity (Wildman–Crippen MR) is 131 cm³/mol. The summed E-state index contributed by atoms with van der Waals surface area (Å²) >= 11 is 0. The number of anilines is 2. The van der Waals surface area contributed by atoms with E-state index in [-0.39, 0.29) is 11.3 Å². The van der Waals surface area contributed by atoms with E-state index in [1.807, 2.05) is 49.4 Å². The topological polar surface area (TPSA) is 83.1 Å². The van der Waals surface area contributed by atoms with E-state index in [1.165, 1.54) is 0 Å². The van der Waals surface area contributed by atoms with Crippen LogP contribution < -0.4 is 10.1 Å². The largest absolute Gasteiger partial charge is 0.437 e. The molecule has 0 aliphatic rings. The van der Waals surface area contributed by atoms with E-state index >= 15 is 0 Å². The summed E-state index contributed by atoms with van der Waals surface area (Å²) in [5.74, 6) is 1.64. The number of hydrogen-bond donors (Lipinski definition) is 2. The molecule has 0 radical (unpaired) electrons. The molecule has 0 saturated heterocycles. The zero-order valence-corrected chi connectivity index (χ0v) is 19.6. The highest BCUT2D eigenvalue weighted by atomic mass is 16.5. The minimum Gasteiger partial charge on any atom is -0.437 e. The van der Waals surface area contributed by atoms with Crippen molar-refractivity contribution in [3.05, 3.63) is 71.9 Å². The monoisotopic (exact) mass is 443 g/mol. The van der Waals surface area contributed by atoms with Crippen LogP contribution in [0.5, 0.6) is 11.6 Å². The summed E-state index contributed by atoms with van der Waals surface area (Å²) in [6.07, 6.45) is 1.69. The van der Waals surface area contributed by atoms with Gasteiger partial charge in [-0.1, -0.05) is 45.0 Å².